The van der Waals surface area contributed by atoms with E-state index in [4.69, 9.17) is 5.84 Å². The first kappa shape index (κ1) is 14.9. The molecule has 2 rings (SSSR count). The monoisotopic (exact) mass is 500 g/mol. The first-order valence-corrected chi connectivity index (χ1v) is 8.73. The van der Waals surface area contributed by atoms with Crippen LogP contribution in [-0.4, -0.2) is 0 Å². The van der Waals surface area contributed by atoms with E-state index in [1.54, 1.807) is 11.3 Å². The van der Waals surface area contributed by atoms with Crippen LogP contribution in [-0.2, 0) is 6.42 Å². The molecule has 6 heteroatoms. The van der Waals surface area contributed by atoms with Crippen LogP contribution in [0.3, 0.4) is 0 Å². The van der Waals surface area contributed by atoms with Gasteiger partial charge >= 0.3 is 0 Å². The van der Waals surface area contributed by atoms with Gasteiger partial charge in [0.25, 0.3) is 0 Å². The second-order valence-corrected chi connectivity index (χ2v) is 8.42. The van der Waals surface area contributed by atoms with E-state index in [1.165, 1.54) is 14.0 Å². The molecular formula is C12H11Br2IN2S. The fraction of sp³-hybridized carbons (Fsp3) is 0.167. The molecule has 0 fully saturated rings. The van der Waals surface area contributed by atoms with E-state index in [-0.39, 0.29) is 6.04 Å². The van der Waals surface area contributed by atoms with Crippen LogP contribution in [0.5, 0.6) is 0 Å². The van der Waals surface area contributed by atoms with Gasteiger partial charge in [-0.2, -0.15) is 0 Å². The summed E-state index contributed by atoms with van der Waals surface area (Å²) in [5.74, 6) is 5.70. The lowest BCUT2D eigenvalue weighted by Gasteiger charge is -2.17. The maximum absolute atomic E-state index is 5.70. The predicted octanol–water partition coefficient (Wildman–Crippen LogP) is 4.62. The molecule has 0 saturated carbocycles. The third-order valence-electron chi connectivity index (χ3n) is 2.57. The summed E-state index contributed by atoms with van der Waals surface area (Å²) in [5, 5.41) is 0. The van der Waals surface area contributed by atoms with E-state index < -0.39 is 0 Å². The largest absolute Gasteiger partial charge is 0.271 e. The van der Waals surface area contributed by atoms with E-state index in [9.17, 15) is 0 Å². The molecule has 3 N–H and O–H groups in total. The lowest BCUT2D eigenvalue weighted by Crippen LogP contribution is -2.30. The average molecular weight is 502 g/mol. The Balaban J connectivity index is 2.25. The second kappa shape index (κ2) is 6.81. The number of halogens is 3. The lowest BCUT2D eigenvalue weighted by molar-refractivity contribution is 0.553. The van der Waals surface area contributed by atoms with Crippen LogP contribution < -0.4 is 11.3 Å². The summed E-state index contributed by atoms with van der Waals surface area (Å²) in [6.07, 6.45) is 0.888. The third kappa shape index (κ3) is 3.77. The van der Waals surface area contributed by atoms with Crippen LogP contribution >= 0.6 is 65.8 Å². The molecule has 2 aromatic rings. The van der Waals surface area contributed by atoms with Crippen molar-refractivity contribution in [3.8, 4) is 0 Å². The highest BCUT2D eigenvalue weighted by molar-refractivity contribution is 14.1. The van der Waals surface area contributed by atoms with E-state index in [2.05, 4.69) is 84.1 Å². The molecule has 1 unspecified atom stereocenters. The van der Waals surface area contributed by atoms with Crippen LogP contribution in [0.4, 0.5) is 0 Å². The predicted molar refractivity (Wildman–Crippen MR) is 92.6 cm³/mol. The second-order valence-electron chi connectivity index (χ2n) is 3.80. The fourth-order valence-electron chi connectivity index (χ4n) is 1.70. The summed E-state index contributed by atoms with van der Waals surface area (Å²) in [6.45, 7) is 0. The lowest BCUT2D eigenvalue weighted by atomic mass is 10.0. The molecule has 0 amide bonds. The summed E-state index contributed by atoms with van der Waals surface area (Å²) in [5.41, 5.74) is 4.13. The molecule has 0 aliphatic carbocycles. The highest BCUT2D eigenvalue weighted by atomic mass is 127. The summed E-state index contributed by atoms with van der Waals surface area (Å²) in [6, 6.07) is 10.6. The van der Waals surface area contributed by atoms with Crippen LogP contribution in [0.2, 0.25) is 0 Å². The first-order valence-electron chi connectivity index (χ1n) is 5.25. The number of hydrogen-bond donors (Lipinski definition) is 2. The number of nitrogens with one attached hydrogen (secondary N) is 1. The standard InChI is InChI=1S/C12H11Br2IN2S/c13-7-1-3-10(15)9(5-7)11(17-16)6-8-2-4-12(14)18-8/h1-5,11,17H,6,16H2. The Morgan fingerprint density at radius 3 is 2.67 bits per heavy atom. The molecule has 2 nitrogen and oxygen atoms in total. The Morgan fingerprint density at radius 1 is 1.28 bits per heavy atom. The smallest absolute Gasteiger partial charge is 0.0701 e. The molecule has 18 heavy (non-hydrogen) atoms. The van der Waals surface area contributed by atoms with Crippen LogP contribution in [0, 0.1) is 3.57 Å². The average Bonchev–Trinajstić information content (AvgIpc) is 2.75. The summed E-state index contributed by atoms with van der Waals surface area (Å²) >= 11 is 11.1. The van der Waals surface area contributed by atoms with Gasteiger partial charge in [-0.1, -0.05) is 15.9 Å². The minimum Gasteiger partial charge on any atom is -0.271 e. The van der Waals surface area contributed by atoms with Gasteiger partial charge in [-0.15, -0.1) is 11.3 Å². The number of hydrogen-bond acceptors (Lipinski definition) is 3. The molecule has 1 aromatic carbocycles. The Hall–Kier alpha value is 0.530. The molecule has 0 aliphatic rings. The van der Waals surface area contributed by atoms with Crippen LogP contribution in [0.15, 0.2) is 38.6 Å². The van der Waals surface area contributed by atoms with E-state index in [0.717, 1.165) is 14.7 Å². The van der Waals surface area contributed by atoms with Crippen LogP contribution in [0.1, 0.15) is 16.5 Å². The van der Waals surface area contributed by atoms with Crippen molar-refractivity contribution in [2.45, 2.75) is 12.5 Å². The number of benzene rings is 1. The van der Waals surface area contributed by atoms with Crippen molar-refractivity contribution in [3.63, 3.8) is 0 Å². The van der Waals surface area contributed by atoms with Gasteiger partial charge in [0.15, 0.2) is 0 Å². The number of hydrazine groups is 1. The molecule has 0 saturated heterocycles. The fourth-order valence-corrected chi connectivity index (χ4v) is 4.32. The van der Waals surface area contributed by atoms with Gasteiger partial charge in [0.2, 0.25) is 0 Å². The maximum atomic E-state index is 5.70. The first-order chi connectivity index (χ1) is 8.60. The Morgan fingerprint density at radius 2 is 2.06 bits per heavy atom. The van der Waals surface area contributed by atoms with Crippen molar-refractivity contribution in [1.29, 1.82) is 0 Å². The van der Waals surface area contributed by atoms with Crippen molar-refractivity contribution < 1.29 is 0 Å². The summed E-state index contributed by atoms with van der Waals surface area (Å²) in [7, 11) is 0. The molecule has 1 aromatic heterocycles. The Kier molecular flexibility index (Phi) is 5.64. The highest BCUT2D eigenvalue weighted by Crippen LogP contribution is 2.29. The van der Waals surface area contributed by atoms with Gasteiger partial charge in [0, 0.05) is 19.3 Å². The molecule has 1 atom stereocenters. The molecule has 0 spiro atoms. The molecule has 0 bridgehead atoms. The Bertz CT molecular complexity index is 545. The molecule has 0 radical (unpaired) electrons. The quantitative estimate of drug-likeness (QED) is 0.364. The molecule has 1 heterocycles. The minimum atomic E-state index is 0.125. The van der Waals surface area contributed by atoms with Crippen LogP contribution in [0.25, 0.3) is 0 Å². The van der Waals surface area contributed by atoms with Gasteiger partial charge in [0.05, 0.1) is 9.83 Å². The van der Waals surface area contributed by atoms with E-state index >= 15 is 0 Å². The van der Waals surface area contributed by atoms with Crippen molar-refractivity contribution in [3.05, 3.63) is 52.6 Å². The van der Waals surface area contributed by atoms with Crippen molar-refractivity contribution >= 4 is 65.8 Å². The number of rotatable bonds is 4. The summed E-state index contributed by atoms with van der Waals surface area (Å²) in [4.78, 5) is 1.31. The topological polar surface area (TPSA) is 38.0 Å². The Labute approximate surface area is 141 Å². The minimum absolute atomic E-state index is 0.125. The van der Waals surface area contributed by atoms with Crippen molar-refractivity contribution in [2.75, 3.05) is 0 Å². The van der Waals surface area contributed by atoms with E-state index in [0.29, 0.717) is 0 Å². The van der Waals surface area contributed by atoms with Crippen molar-refractivity contribution in [2.24, 2.45) is 5.84 Å². The molecule has 96 valence electrons. The zero-order valence-corrected chi connectivity index (χ0v) is 15.4. The SMILES string of the molecule is NNC(Cc1ccc(Br)s1)c1cc(Br)ccc1I. The zero-order valence-electron chi connectivity index (χ0n) is 9.29. The molecular weight excluding hydrogens is 491 g/mol. The molecule has 0 aliphatic heterocycles. The van der Waals surface area contributed by atoms with Gasteiger partial charge < -0.3 is 0 Å². The third-order valence-corrected chi connectivity index (χ3v) is 5.69. The summed E-state index contributed by atoms with van der Waals surface area (Å²) < 4.78 is 3.44. The highest BCUT2D eigenvalue weighted by Gasteiger charge is 2.15. The normalized spacial score (nSPS) is 12.7. The van der Waals surface area contributed by atoms with Gasteiger partial charge in [-0.3, -0.25) is 11.3 Å². The van der Waals surface area contributed by atoms with Crippen molar-refractivity contribution in [1.82, 2.24) is 5.43 Å². The van der Waals surface area contributed by atoms with Gasteiger partial charge in [0.1, 0.15) is 0 Å². The maximum Gasteiger partial charge on any atom is 0.0701 e. The zero-order chi connectivity index (χ0) is 13.1. The van der Waals surface area contributed by atoms with E-state index in [1.807, 2.05) is 6.07 Å². The number of thiophene rings is 1. The van der Waals surface area contributed by atoms with Gasteiger partial charge in [-0.25, -0.2) is 0 Å². The van der Waals surface area contributed by atoms with Gasteiger partial charge in [-0.05, 0) is 74.4 Å². The number of nitrogens with two attached hydrogens (primary N) is 1.